The molecule has 0 radical (unpaired) electrons. The van der Waals surface area contributed by atoms with Crippen LogP contribution in [0.4, 0.5) is 0 Å². The van der Waals surface area contributed by atoms with E-state index in [1.807, 2.05) is 0 Å². The lowest BCUT2D eigenvalue weighted by Crippen LogP contribution is -2.86. The van der Waals surface area contributed by atoms with E-state index < -0.39 is 11.2 Å². The standard InChI is InChI=1S/C24H39NO4/c1-22-11-7-12-23(2,28-3)24(22,27)14-18-19(21(26)29-20(18)15-22)16-25-13-10-17-8-5-4-6-9-17/h8,18-20,25,27H,4-7,9-16H2,1-3H3/p+1/t18-,19-,20+,22-,23-,24+/m0/s1. The number of hydrogen-bond donors (Lipinski definition) is 2. The normalized spacial score (nSPS) is 44.6. The van der Waals surface area contributed by atoms with Crippen LogP contribution in [0.5, 0.6) is 0 Å². The van der Waals surface area contributed by atoms with Crippen molar-refractivity contribution in [2.45, 2.75) is 95.4 Å². The minimum absolute atomic E-state index is 0.0496. The van der Waals surface area contributed by atoms with Gasteiger partial charge in [-0.15, -0.1) is 0 Å². The first-order chi connectivity index (χ1) is 13.8. The average Bonchev–Trinajstić information content (AvgIpc) is 2.99. The topological polar surface area (TPSA) is 72.4 Å². The number of aliphatic hydroxyl groups is 1. The van der Waals surface area contributed by atoms with Crippen molar-refractivity contribution in [3.8, 4) is 0 Å². The summed E-state index contributed by atoms with van der Waals surface area (Å²) in [7, 11) is 1.72. The van der Waals surface area contributed by atoms with Gasteiger partial charge in [0.05, 0.1) is 24.3 Å². The van der Waals surface area contributed by atoms with Gasteiger partial charge in [-0.1, -0.05) is 18.6 Å². The van der Waals surface area contributed by atoms with E-state index >= 15 is 0 Å². The lowest BCUT2D eigenvalue weighted by atomic mass is 9.49. The molecule has 4 aliphatic rings. The second-order valence-electron chi connectivity index (χ2n) is 10.5. The van der Waals surface area contributed by atoms with Crippen molar-refractivity contribution < 1.29 is 24.7 Å². The van der Waals surface area contributed by atoms with E-state index in [9.17, 15) is 9.90 Å². The van der Waals surface area contributed by atoms with E-state index in [0.29, 0.717) is 6.42 Å². The molecule has 0 aromatic heterocycles. The highest BCUT2D eigenvalue weighted by molar-refractivity contribution is 5.75. The summed E-state index contributed by atoms with van der Waals surface area (Å²) in [5, 5.41) is 14.2. The molecule has 29 heavy (non-hydrogen) atoms. The highest BCUT2D eigenvalue weighted by Gasteiger charge is 2.67. The molecule has 0 aromatic rings. The molecular formula is C24H40NO4+. The monoisotopic (exact) mass is 406 g/mol. The fourth-order valence-corrected chi connectivity index (χ4v) is 6.87. The number of methoxy groups -OCH3 is 1. The Labute approximate surface area is 175 Å². The third kappa shape index (κ3) is 3.57. The van der Waals surface area contributed by atoms with Gasteiger partial charge in [0.2, 0.25) is 0 Å². The van der Waals surface area contributed by atoms with Gasteiger partial charge in [0, 0.05) is 24.9 Å². The number of nitrogens with two attached hydrogens (primary N) is 1. The predicted molar refractivity (Wildman–Crippen MR) is 111 cm³/mol. The fourth-order valence-electron chi connectivity index (χ4n) is 6.87. The van der Waals surface area contributed by atoms with Crippen LogP contribution in [0.2, 0.25) is 0 Å². The third-order valence-electron chi connectivity index (χ3n) is 8.93. The third-order valence-corrected chi connectivity index (χ3v) is 8.93. The lowest BCUT2D eigenvalue weighted by molar-refractivity contribution is -0.658. The first-order valence-corrected chi connectivity index (χ1v) is 11.8. The van der Waals surface area contributed by atoms with E-state index in [-0.39, 0.29) is 29.3 Å². The molecule has 3 N–H and O–H groups in total. The van der Waals surface area contributed by atoms with E-state index in [2.05, 4.69) is 25.2 Å². The van der Waals surface area contributed by atoms with Gasteiger partial charge >= 0.3 is 5.97 Å². The molecule has 5 heteroatoms. The van der Waals surface area contributed by atoms with E-state index in [0.717, 1.165) is 45.2 Å². The summed E-state index contributed by atoms with van der Waals surface area (Å²) in [5.74, 6) is -0.0756. The second kappa shape index (κ2) is 7.97. The van der Waals surface area contributed by atoms with Gasteiger partial charge in [-0.05, 0) is 64.7 Å². The minimum Gasteiger partial charge on any atom is -0.462 e. The Morgan fingerprint density at radius 2 is 2.07 bits per heavy atom. The first-order valence-electron chi connectivity index (χ1n) is 11.8. The number of carbonyl (C=O) groups excluding carboxylic acids is 1. The van der Waals surface area contributed by atoms with E-state index in [4.69, 9.17) is 9.47 Å². The molecule has 2 saturated carbocycles. The summed E-state index contributed by atoms with van der Waals surface area (Å²) in [6, 6.07) is 0. The van der Waals surface area contributed by atoms with Crippen LogP contribution in [-0.4, -0.2) is 48.6 Å². The molecule has 3 aliphatic carbocycles. The zero-order chi connectivity index (χ0) is 20.7. The van der Waals surface area contributed by atoms with E-state index in [1.165, 1.54) is 25.7 Å². The molecule has 1 aliphatic heterocycles. The minimum atomic E-state index is -0.909. The van der Waals surface area contributed by atoms with Crippen molar-refractivity contribution in [3.05, 3.63) is 11.6 Å². The number of quaternary nitrogens is 1. The Kier molecular flexibility index (Phi) is 5.86. The molecule has 0 aromatic carbocycles. The molecular weight excluding hydrogens is 366 g/mol. The van der Waals surface area contributed by atoms with Crippen LogP contribution in [0, 0.1) is 17.3 Å². The van der Waals surface area contributed by atoms with Gasteiger partial charge in [0.25, 0.3) is 0 Å². The van der Waals surface area contributed by atoms with Crippen LogP contribution in [0.25, 0.3) is 0 Å². The SMILES string of the molecule is CO[C@@]1(C)CCC[C@@]2(C)C[C@H]3OC(=O)[C@@H](C[NH2+]CCC4=CCCCC4)[C@@H]3C[C@@]21O. The molecule has 0 unspecified atom stereocenters. The van der Waals surface area contributed by atoms with Crippen molar-refractivity contribution in [3.63, 3.8) is 0 Å². The summed E-state index contributed by atoms with van der Waals surface area (Å²) >= 11 is 0. The first kappa shape index (κ1) is 21.3. The zero-order valence-corrected chi connectivity index (χ0v) is 18.5. The van der Waals surface area contributed by atoms with Crippen molar-refractivity contribution in [2.24, 2.45) is 17.3 Å². The van der Waals surface area contributed by atoms with Crippen LogP contribution in [0.15, 0.2) is 11.6 Å². The summed E-state index contributed by atoms with van der Waals surface area (Å²) in [5.41, 5.74) is -0.144. The average molecular weight is 407 g/mol. The van der Waals surface area contributed by atoms with Crippen LogP contribution in [0.3, 0.4) is 0 Å². The number of ether oxygens (including phenoxy) is 2. The Morgan fingerprint density at radius 1 is 1.24 bits per heavy atom. The maximum atomic E-state index is 12.7. The molecule has 0 amide bonds. The van der Waals surface area contributed by atoms with Gasteiger partial charge in [-0.25, -0.2) is 0 Å². The molecule has 6 atom stereocenters. The summed E-state index contributed by atoms with van der Waals surface area (Å²) in [6.45, 7) is 6.03. The Morgan fingerprint density at radius 3 is 2.79 bits per heavy atom. The van der Waals surface area contributed by atoms with Gasteiger partial charge in [0.1, 0.15) is 12.0 Å². The molecule has 3 fully saturated rings. The molecule has 1 heterocycles. The quantitative estimate of drug-likeness (QED) is 0.404. The molecule has 5 nitrogen and oxygen atoms in total. The van der Waals surface area contributed by atoms with Crippen LogP contribution in [-0.2, 0) is 14.3 Å². The highest BCUT2D eigenvalue weighted by Crippen LogP contribution is 2.61. The number of rotatable bonds is 6. The lowest BCUT2D eigenvalue weighted by Gasteiger charge is -2.61. The van der Waals surface area contributed by atoms with Gasteiger partial charge in [-0.3, -0.25) is 4.79 Å². The Bertz CT molecular complexity index is 663. The van der Waals surface area contributed by atoms with Crippen LogP contribution in [0.1, 0.15) is 78.1 Å². The summed E-state index contributed by atoms with van der Waals surface area (Å²) < 4.78 is 11.8. The van der Waals surface area contributed by atoms with Gasteiger partial charge in [0.15, 0.2) is 0 Å². The largest absolute Gasteiger partial charge is 0.462 e. The fraction of sp³-hybridized carbons (Fsp3) is 0.875. The highest BCUT2D eigenvalue weighted by atomic mass is 16.6. The zero-order valence-electron chi connectivity index (χ0n) is 18.5. The van der Waals surface area contributed by atoms with Crippen molar-refractivity contribution in [1.82, 2.24) is 0 Å². The molecule has 164 valence electrons. The smallest absolute Gasteiger partial charge is 0.315 e. The number of carbonyl (C=O) groups is 1. The molecule has 0 spiro atoms. The molecule has 4 rings (SSSR count). The summed E-state index contributed by atoms with van der Waals surface area (Å²) in [4.78, 5) is 12.7. The second-order valence-corrected chi connectivity index (χ2v) is 10.5. The molecule has 0 bridgehead atoms. The maximum Gasteiger partial charge on any atom is 0.315 e. The van der Waals surface area contributed by atoms with Gasteiger partial charge < -0.3 is 19.9 Å². The number of allylic oxidation sites excluding steroid dienone is 1. The predicted octanol–water partition coefficient (Wildman–Crippen LogP) is 2.72. The Hall–Kier alpha value is -0.910. The number of esters is 1. The Balaban J connectivity index is 1.42. The van der Waals surface area contributed by atoms with Crippen molar-refractivity contribution >= 4 is 5.97 Å². The number of fused-ring (bicyclic) bond motifs is 2. The van der Waals surface area contributed by atoms with Crippen LogP contribution < -0.4 is 5.32 Å². The van der Waals surface area contributed by atoms with Crippen molar-refractivity contribution in [2.75, 3.05) is 20.2 Å². The summed E-state index contributed by atoms with van der Waals surface area (Å²) in [6.07, 6.45) is 12.8. The number of hydrogen-bond acceptors (Lipinski definition) is 4. The molecule has 1 saturated heterocycles. The van der Waals surface area contributed by atoms with Gasteiger partial charge in [-0.2, -0.15) is 0 Å². The van der Waals surface area contributed by atoms with E-state index in [1.54, 1.807) is 12.7 Å². The van der Waals surface area contributed by atoms with Crippen molar-refractivity contribution in [1.29, 1.82) is 0 Å². The maximum absolute atomic E-state index is 12.7. The van der Waals surface area contributed by atoms with Crippen LogP contribution >= 0.6 is 0 Å².